The molecule has 16 heavy (non-hydrogen) atoms. The second-order valence-corrected chi connectivity index (χ2v) is 5.84. The summed E-state index contributed by atoms with van der Waals surface area (Å²) in [6.07, 6.45) is 6.73. The normalized spacial score (nSPS) is 26.3. The Morgan fingerprint density at radius 2 is 1.88 bits per heavy atom. The van der Waals surface area contributed by atoms with Crippen molar-refractivity contribution in [2.45, 2.75) is 65.0 Å². The van der Waals surface area contributed by atoms with Crippen molar-refractivity contribution in [3.8, 4) is 0 Å². The van der Waals surface area contributed by atoms with Gasteiger partial charge in [0.15, 0.2) is 0 Å². The third kappa shape index (κ3) is 4.02. The Bertz CT molecular complexity index is 220. The van der Waals surface area contributed by atoms with Gasteiger partial charge in [0, 0.05) is 18.6 Å². The number of hydrogen-bond donors (Lipinski definition) is 1. The molecule has 1 aliphatic rings. The van der Waals surface area contributed by atoms with E-state index in [4.69, 9.17) is 18.0 Å². The summed E-state index contributed by atoms with van der Waals surface area (Å²) in [4.78, 5) is 3.11. The molecule has 94 valence electrons. The van der Waals surface area contributed by atoms with Crippen LogP contribution < -0.4 is 5.73 Å². The molecule has 1 saturated carbocycles. The average Bonchev–Trinajstić information content (AvgIpc) is 2.25. The molecule has 0 atom stereocenters. The molecule has 1 aliphatic carbocycles. The van der Waals surface area contributed by atoms with Crippen molar-refractivity contribution < 1.29 is 0 Å². The standard InChI is InChI=1S/C13H26N2S/c1-4-11-5-7-12(8-6-11)15(10(2)3)9-13(14)16/h10-12H,4-9H2,1-3H3,(H2,14,16). The zero-order chi connectivity index (χ0) is 12.1. The molecule has 0 heterocycles. The van der Waals surface area contributed by atoms with Gasteiger partial charge in [-0.25, -0.2) is 0 Å². The van der Waals surface area contributed by atoms with Gasteiger partial charge in [0.25, 0.3) is 0 Å². The molecule has 0 unspecified atom stereocenters. The predicted octanol–water partition coefficient (Wildman–Crippen LogP) is 2.95. The lowest BCUT2D eigenvalue weighted by atomic mass is 9.83. The molecule has 0 spiro atoms. The molecule has 1 fully saturated rings. The minimum atomic E-state index is 0.546. The van der Waals surface area contributed by atoms with Crippen molar-refractivity contribution in [2.24, 2.45) is 11.7 Å². The third-order valence-electron chi connectivity index (χ3n) is 3.86. The second-order valence-electron chi connectivity index (χ2n) is 5.32. The fraction of sp³-hybridized carbons (Fsp3) is 0.923. The molecule has 0 bridgehead atoms. The van der Waals surface area contributed by atoms with Crippen LogP contribution in [0.1, 0.15) is 52.9 Å². The van der Waals surface area contributed by atoms with E-state index in [1.165, 1.54) is 32.1 Å². The van der Waals surface area contributed by atoms with E-state index < -0.39 is 0 Å². The molecule has 0 amide bonds. The van der Waals surface area contributed by atoms with Gasteiger partial charge in [0.1, 0.15) is 0 Å². The maximum atomic E-state index is 5.68. The Labute approximate surface area is 106 Å². The zero-order valence-electron chi connectivity index (χ0n) is 10.9. The molecule has 1 rings (SSSR count). The number of thiocarbonyl (C=S) groups is 1. The molecular formula is C13H26N2S. The van der Waals surface area contributed by atoms with Crippen LogP contribution in [0.4, 0.5) is 0 Å². The van der Waals surface area contributed by atoms with Crippen LogP contribution in [0.3, 0.4) is 0 Å². The van der Waals surface area contributed by atoms with E-state index in [9.17, 15) is 0 Å². The van der Waals surface area contributed by atoms with E-state index in [0.717, 1.165) is 12.5 Å². The fourth-order valence-corrected chi connectivity index (χ4v) is 2.95. The first kappa shape index (κ1) is 13.9. The molecule has 2 nitrogen and oxygen atoms in total. The van der Waals surface area contributed by atoms with E-state index in [-0.39, 0.29) is 0 Å². The van der Waals surface area contributed by atoms with E-state index in [1.807, 2.05) is 0 Å². The zero-order valence-corrected chi connectivity index (χ0v) is 11.7. The first-order valence-electron chi connectivity index (χ1n) is 6.58. The van der Waals surface area contributed by atoms with Gasteiger partial charge in [0.05, 0.1) is 4.99 Å². The van der Waals surface area contributed by atoms with Crippen LogP contribution in [0.15, 0.2) is 0 Å². The lowest BCUT2D eigenvalue weighted by molar-refractivity contribution is 0.122. The summed E-state index contributed by atoms with van der Waals surface area (Å²) >= 11 is 5.04. The molecule has 0 aromatic carbocycles. The Morgan fingerprint density at radius 3 is 2.25 bits per heavy atom. The summed E-state index contributed by atoms with van der Waals surface area (Å²) < 4.78 is 0. The summed E-state index contributed by atoms with van der Waals surface area (Å²) in [6.45, 7) is 7.57. The van der Waals surface area contributed by atoms with Crippen molar-refractivity contribution in [3.05, 3.63) is 0 Å². The maximum Gasteiger partial charge on any atom is 0.0870 e. The Morgan fingerprint density at radius 1 is 1.31 bits per heavy atom. The predicted molar refractivity (Wildman–Crippen MR) is 74.7 cm³/mol. The first-order chi connectivity index (χ1) is 7.54. The monoisotopic (exact) mass is 242 g/mol. The molecule has 0 aromatic heterocycles. The van der Waals surface area contributed by atoms with Gasteiger partial charge in [-0.1, -0.05) is 25.6 Å². The topological polar surface area (TPSA) is 29.3 Å². The minimum absolute atomic E-state index is 0.546. The molecule has 2 N–H and O–H groups in total. The van der Waals surface area contributed by atoms with E-state index in [1.54, 1.807) is 0 Å². The van der Waals surface area contributed by atoms with Crippen molar-refractivity contribution in [3.63, 3.8) is 0 Å². The van der Waals surface area contributed by atoms with Crippen LogP contribution in [0.5, 0.6) is 0 Å². The van der Waals surface area contributed by atoms with E-state index >= 15 is 0 Å². The van der Waals surface area contributed by atoms with Gasteiger partial charge in [-0.2, -0.15) is 0 Å². The number of nitrogens with two attached hydrogens (primary N) is 1. The molecular weight excluding hydrogens is 216 g/mol. The number of hydrogen-bond acceptors (Lipinski definition) is 2. The Kier molecular flexibility index (Phi) is 5.70. The number of nitrogens with zero attached hydrogens (tertiary/aromatic N) is 1. The lowest BCUT2D eigenvalue weighted by Gasteiger charge is -2.39. The first-order valence-corrected chi connectivity index (χ1v) is 6.99. The van der Waals surface area contributed by atoms with Crippen molar-refractivity contribution in [1.82, 2.24) is 4.90 Å². The number of rotatable bonds is 5. The highest BCUT2D eigenvalue weighted by atomic mass is 32.1. The van der Waals surface area contributed by atoms with Gasteiger partial charge in [-0.3, -0.25) is 4.90 Å². The van der Waals surface area contributed by atoms with Crippen LogP contribution >= 0.6 is 12.2 Å². The summed E-state index contributed by atoms with van der Waals surface area (Å²) in [5, 5.41) is 0. The van der Waals surface area contributed by atoms with Crippen molar-refractivity contribution >= 4 is 17.2 Å². The van der Waals surface area contributed by atoms with Crippen LogP contribution in [-0.4, -0.2) is 28.5 Å². The highest BCUT2D eigenvalue weighted by Gasteiger charge is 2.26. The van der Waals surface area contributed by atoms with Gasteiger partial charge < -0.3 is 5.73 Å². The lowest BCUT2D eigenvalue weighted by Crippen LogP contribution is -2.46. The maximum absolute atomic E-state index is 5.68. The van der Waals surface area contributed by atoms with Gasteiger partial charge in [-0.05, 0) is 45.4 Å². The molecule has 0 aromatic rings. The second kappa shape index (κ2) is 6.55. The Balaban J connectivity index is 2.50. The van der Waals surface area contributed by atoms with E-state index in [0.29, 0.717) is 17.1 Å². The summed E-state index contributed by atoms with van der Waals surface area (Å²) in [5.41, 5.74) is 5.68. The molecule has 0 saturated heterocycles. The summed E-state index contributed by atoms with van der Waals surface area (Å²) in [5.74, 6) is 0.954. The molecule has 0 aliphatic heterocycles. The van der Waals surface area contributed by atoms with Crippen LogP contribution in [0.25, 0.3) is 0 Å². The molecule has 0 radical (unpaired) electrons. The van der Waals surface area contributed by atoms with Crippen LogP contribution in [0, 0.1) is 5.92 Å². The van der Waals surface area contributed by atoms with Crippen LogP contribution in [0.2, 0.25) is 0 Å². The summed E-state index contributed by atoms with van der Waals surface area (Å²) in [7, 11) is 0. The summed E-state index contributed by atoms with van der Waals surface area (Å²) in [6, 6.07) is 1.24. The highest BCUT2D eigenvalue weighted by molar-refractivity contribution is 7.80. The van der Waals surface area contributed by atoms with Crippen molar-refractivity contribution in [1.29, 1.82) is 0 Å². The van der Waals surface area contributed by atoms with Crippen molar-refractivity contribution in [2.75, 3.05) is 6.54 Å². The fourth-order valence-electron chi connectivity index (χ4n) is 2.80. The highest BCUT2D eigenvalue weighted by Crippen LogP contribution is 2.30. The quantitative estimate of drug-likeness (QED) is 0.752. The van der Waals surface area contributed by atoms with Crippen LogP contribution in [-0.2, 0) is 0 Å². The smallest absolute Gasteiger partial charge is 0.0870 e. The minimum Gasteiger partial charge on any atom is -0.392 e. The Hall–Kier alpha value is -0.150. The van der Waals surface area contributed by atoms with E-state index in [2.05, 4.69) is 25.7 Å². The molecule has 3 heteroatoms. The van der Waals surface area contributed by atoms with Gasteiger partial charge in [0.2, 0.25) is 0 Å². The average molecular weight is 242 g/mol. The largest absolute Gasteiger partial charge is 0.392 e. The third-order valence-corrected chi connectivity index (χ3v) is 3.99. The van der Waals surface area contributed by atoms with Gasteiger partial charge >= 0.3 is 0 Å². The SMILES string of the molecule is CCC1CCC(N(CC(N)=S)C(C)C)CC1. The van der Waals surface area contributed by atoms with Gasteiger partial charge in [-0.15, -0.1) is 0 Å².